The molecule has 9 heteroatoms. The third-order valence-electron chi connectivity index (χ3n) is 2.94. The largest absolute Gasteiger partial charge is 0.456 e. The normalized spacial score (nSPS) is 10.6. The maximum Gasteiger partial charge on any atom is 0.307 e. The van der Waals surface area contributed by atoms with E-state index in [1.54, 1.807) is 0 Å². The molecule has 0 saturated carbocycles. The van der Waals surface area contributed by atoms with Crippen LogP contribution in [0, 0.1) is 12.3 Å². The summed E-state index contributed by atoms with van der Waals surface area (Å²) in [6, 6.07) is 5.40. The highest BCUT2D eigenvalue weighted by Crippen LogP contribution is 2.10. The van der Waals surface area contributed by atoms with Crippen LogP contribution in [0.15, 0.2) is 29.2 Å². The van der Waals surface area contributed by atoms with Gasteiger partial charge < -0.3 is 10.1 Å². The van der Waals surface area contributed by atoms with Crippen LogP contribution in [0.25, 0.3) is 0 Å². The first-order chi connectivity index (χ1) is 11.8. The Morgan fingerprint density at radius 3 is 2.40 bits per heavy atom. The number of hydrogen-bond donors (Lipinski definition) is 2. The predicted molar refractivity (Wildman–Crippen MR) is 89.1 cm³/mol. The first-order valence-electron chi connectivity index (χ1n) is 7.22. The Morgan fingerprint density at radius 1 is 1.20 bits per heavy atom. The van der Waals surface area contributed by atoms with E-state index in [0.717, 1.165) is 0 Å². The van der Waals surface area contributed by atoms with Crippen molar-refractivity contribution < 1.29 is 27.5 Å². The molecule has 1 aromatic rings. The van der Waals surface area contributed by atoms with E-state index in [1.807, 2.05) is 0 Å². The predicted octanol–water partition coefficient (Wildman–Crippen LogP) is -0.150. The van der Waals surface area contributed by atoms with Crippen molar-refractivity contribution in [3.8, 4) is 12.3 Å². The molecule has 0 heterocycles. The number of benzene rings is 1. The van der Waals surface area contributed by atoms with Crippen LogP contribution < -0.4 is 10.0 Å². The molecule has 0 fully saturated rings. The lowest BCUT2D eigenvalue weighted by Gasteiger charge is -2.07. The highest BCUT2D eigenvalue weighted by atomic mass is 32.2. The second kappa shape index (κ2) is 9.56. The van der Waals surface area contributed by atoms with Gasteiger partial charge >= 0.3 is 5.97 Å². The second-order valence-electron chi connectivity index (χ2n) is 4.87. The van der Waals surface area contributed by atoms with Gasteiger partial charge in [-0.1, -0.05) is 18.1 Å². The van der Waals surface area contributed by atoms with E-state index in [4.69, 9.17) is 6.42 Å². The highest BCUT2D eigenvalue weighted by molar-refractivity contribution is 7.89. The number of ether oxygens (including phenoxy) is 1. The van der Waals surface area contributed by atoms with Gasteiger partial charge in [0.15, 0.2) is 12.4 Å². The summed E-state index contributed by atoms with van der Waals surface area (Å²) in [5, 5.41) is 2.31. The van der Waals surface area contributed by atoms with Gasteiger partial charge in [0.1, 0.15) is 0 Å². The standard InChI is InChI=1S/C16H18N2O6S/c1-3-9-17-15(20)11-24-16(21)8-10-18-25(22,23)14-6-4-13(5-7-14)12(2)19/h1,4-7,18H,8-11H2,2H3,(H,17,20). The number of sulfonamides is 1. The Bertz CT molecular complexity index is 778. The zero-order valence-electron chi connectivity index (χ0n) is 13.6. The zero-order valence-corrected chi connectivity index (χ0v) is 14.4. The average molecular weight is 366 g/mol. The fourth-order valence-corrected chi connectivity index (χ4v) is 2.69. The summed E-state index contributed by atoms with van der Waals surface area (Å²) in [4.78, 5) is 33.8. The molecule has 0 unspecified atom stereocenters. The van der Waals surface area contributed by atoms with Gasteiger partial charge in [0.2, 0.25) is 10.0 Å². The third kappa shape index (κ3) is 7.15. The van der Waals surface area contributed by atoms with Gasteiger partial charge in [-0.05, 0) is 19.1 Å². The van der Waals surface area contributed by atoms with E-state index in [-0.39, 0.29) is 30.2 Å². The van der Waals surface area contributed by atoms with Crippen molar-refractivity contribution in [2.75, 3.05) is 19.7 Å². The Hall–Kier alpha value is -2.70. The number of nitrogens with one attached hydrogen (secondary N) is 2. The molecule has 0 aliphatic heterocycles. The molecule has 0 atom stereocenters. The van der Waals surface area contributed by atoms with Crippen LogP contribution in [0.1, 0.15) is 23.7 Å². The fourth-order valence-electron chi connectivity index (χ4n) is 1.66. The monoisotopic (exact) mass is 366 g/mol. The molecule has 0 radical (unpaired) electrons. The van der Waals surface area contributed by atoms with Crippen LogP contribution in [0.4, 0.5) is 0 Å². The van der Waals surface area contributed by atoms with Gasteiger partial charge in [-0.2, -0.15) is 0 Å². The van der Waals surface area contributed by atoms with Gasteiger partial charge in [-0.3, -0.25) is 14.4 Å². The molecule has 0 saturated heterocycles. The summed E-state index contributed by atoms with van der Waals surface area (Å²) >= 11 is 0. The molecule has 0 bridgehead atoms. The van der Waals surface area contributed by atoms with E-state index in [9.17, 15) is 22.8 Å². The Kier molecular flexibility index (Phi) is 7.78. The fraction of sp³-hybridized carbons (Fsp3) is 0.312. The summed E-state index contributed by atoms with van der Waals surface area (Å²) in [6.07, 6.45) is 4.71. The molecular formula is C16H18N2O6S. The minimum atomic E-state index is -3.81. The topological polar surface area (TPSA) is 119 Å². The second-order valence-corrected chi connectivity index (χ2v) is 6.64. The minimum absolute atomic E-state index is 0.0264. The Balaban J connectivity index is 2.43. The molecule has 8 nitrogen and oxygen atoms in total. The van der Waals surface area contributed by atoms with Crippen LogP contribution in [-0.2, 0) is 24.3 Å². The molecule has 25 heavy (non-hydrogen) atoms. The Labute approximate surface area is 146 Å². The van der Waals surface area contributed by atoms with Crippen molar-refractivity contribution in [2.45, 2.75) is 18.2 Å². The lowest BCUT2D eigenvalue weighted by Crippen LogP contribution is -2.30. The number of hydrogen-bond acceptors (Lipinski definition) is 6. The number of amides is 1. The number of Topliss-reactive ketones (excluding diaryl/α,β-unsaturated/α-hetero) is 1. The van der Waals surface area contributed by atoms with Crippen LogP contribution in [-0.4, -0.2) is 45.8 Å². The summed E-state index contributed by atoms with van der Waals surface area (Å²) < 4.78 is 31.0. The molecule has 0 aliphatic rings. The number of esters is 1. The van der Waals surface area contributed by atoms with Crippen molar-refractivity contribution in [1.82, 2.24) is 10.0 Å². The number of terminal acetylenes is 1. The molecule has 1 rings (SSSR count). The molecule has 0 spiro atoms. The van der Waals surface area contributed by atoms with Crippen LogP contribution in [0.3, 0.4) is 0 Å². The number of carbonyl (C=O) groups excluding carboxylic acids is 3. The first kappa shape index (κ1) is 20.3. The van der Waals surface area contributed by atoms with Crippen molar-refractivity contribution in [1.29, 1.82) is 0 Å². The van der Waals surface area contributed by atoms with E-state index < -0.39 is 28.5 Å². The van der Waals surface area contributed by atoms with Crippen molar-refractivity contribution in [3.63, 3.8) is 0 Å². The summed E-state index contributed by atoms with van der Waals surface area (Å²) in [6.45, 7) is 0.722. The number of ketones is 1. The molecule has 0 aromatic heterocycles. The minimum Gasteiger partial charge on any atom is -0.456 e. The van der Waals surface area contributed by atoms with E-state index in [0.29, 0.717) is 5.56 Å². The van der Waals surface area contributed by atoms with E-state index in [1.165, 1.54) is 31.2 Å². The molecular weight excluding hydrogens is 348 g/mol. The zero-order chi connectivity index (χ0) is 18.9. The summed E-state index contributed by atoms with van der Waals surface area (Å²) in [5.41, 5.74) is 0.394. The van der Waals surface area contributed by atoms with E-state index in [2.05, 4.69) is 20.7 Å². The van der Waals surface area contributed by atoms with Gasteiger partial charge in [0, 0.05) is 12.1 Å². The van der Waals surface area contributed by atoms with Crippen LogP contribution >= 0.6 is 0 Å². The highest BCUT2D eigenvalue weighted by Gasteiger charge is 2.15. The van der Waals surface area contributed by atoms with Crippen LogP contribution in [0.2, 0.25) is 0 Å². The number of rotatable bonds is 9. The van der Waals surface area contributed by atoms with Crippen molar-refractivity contribution in [3.05, 3.63) is 29.8 Å². The van der Waals surface area contributed by atoms with Gasteiger partial charge in [0.25, 0.3) is 5.91 Å². The molecule has 1 aromatic carbocycles. The molecule has 1 amide bonds. The summed E-state index contributed by atoms with van der Waals surface area (Å²) in [5.74, 6) is 0.744. The molecule has 2 N–H and O–H groups in total. The van der Waals surface area contributed by atoms with Gasteiger partial charge in [0.05, 0.1) is 17.9 Å². The Morgan fingerprint density at radius 2 is 1.84 bits per heavy atom. The van der Waals surface area contributed by atoms with Crippen molar-refractivity contribution in [2.24, 2.45) is 0 Å². The SMILES string of the molecule is C#CCNC(=O)COC(=O)CCNS(=O)(=O)c1ccc(C(C)=O)cc1. The van der Waals surface area contributed by atoms with Gasteiger partial charge in [-0.25, -0.2) is 13.1 Å². The third-order valence-corrected chi connectivity index (χ3v) is 4.42. The first-order valence-corrected chi connectivity index (χ1v) is 8.71. The van der Waals surface area contributed by atoms with E-state index >= 15 is 0 Å². The quantitative estimate of drug-likeness (QED) is 0.356. The van der Waals surface area contributed by atoms with Crippen molar-refractivity contribution >= 4 is 27.7 Å². The molecule has 0 aliphatic carbocycles. The maximum atomic E-state index is 12.0. The lowest BCUT2D eigenvalue weighted by molar-refractivity contribution is -0.148. The van der Waals surface area contributed by atoms with Crippen LogP contribution in [0.5, 0.6) is 0 Å². The summed E-state index contributed by atoms with van der Waals surface area (Å²) in [7, 11) is -3.81. The van der Waals surface area contributed by atoms with Gasteiger partial charge in [-0.15, -0.1) is 6.42 Å². The average Bonchev–Trinajstić information content (AvgIpc) is 2.58. The lowest BCUT2D eigenvalue weighted by atomic mass is 10.2. The molecule has 134 valence electrons. The number of carbonyl (C=O) groups is 3. The smallest absolute Gasteiger partial charge is 0.307 e. The maximum absolute atomic E-state index is 12.0.